The largest absolute Gasteiger partial charge is 0.462 e. The van der Waals surface area contributed by atoms with Crippen molar-refractivity contribution in [1.82, 2.24) is 16.1 Å². The van der Waals surface area contributed by atoms with Crippen LogP contribution in [0.15, 0.2) is 45.9 Å². The first-order valence-corrected chi connectivity index (χ1v) is 10.9. The Morgan fingerprint density at radius 3 is 2.36 bits per heavy atom. The van der Waals surface area contributed by atoms with Crippen molar-refractivity contribution in [3.05, 3.63) is 53.5 Å². The van der Waals surface area contributed by atoms with Crippen LogP contribution in [-0.2, 0) is 35.2 Å². The molecule has 2 aromatic rings. The lowest BCUT2D eigenvalue weighted by molar-refractivity contribution is -0.139. The second-order valence-electron chi connectivity index (χ2n) is 7.04. The minimum absolute atomic E-state index is 0.0852. The molecule has 36 heavy (non-hydrogen) atoms. The highest BCUT2D eigenvalue weighted by atomic mass is 16.5. The summed E-state index contributed by atoms with van der Waals surface area (Å²) in [5.41, 5.74) is 2.71. The molecule has 0 atom stereocenters. The number of furan rings is 1. The van der Waals surface area contributed by atoms with Crippen LogP contribution in [0.5, 0.6) is 0 Å². The van der Waals surface area contributed by atoms with Gasteiger partial charge in [0.15, 0.2) is 0 Å². The highest BCUT2D eigenvalue weighted by Crippen LogP contribution is 2.11. The van der Waals surface area contributed by atoms with E-state index in [9.17, 15) is 24.0 Å². The number of nitrogens with one attached hydrogen (secondary N) is 4. The molecule has 2 rings (SSSR count). The Bertz CT molecular complexity index is 1090. The molecule has 0 unspecified atom stereocenters. The number of esters is 1. The minimum Gasteiger partial charge on any atom is -0.462 e. The number of hydrazone groups is 1. The molecule has 0 aliphatic carbocycles. The molecule has 1 heterocycles. The van der Waals surface area contributed by atoms with Crippen LogP contribution in [0.4, 0.5) is 5.69 Å². The van der Waals surface area contributed by atoms with Gasteiger partial charge in [-0.3, -0.25) is 19.2 Å². The maximum atomic E-state index is 12.1. The predicted octanol–water partition coefficient (Wildman–Crippen LogP) is 0.314. The number of carbonyl (C=O) groups is 5. The molecule has 0 saturated carbocycles. The van der Waals surface area contributed by atoms with Crippen LogP contribution in [0, 0.1) is 0 Å². The predicted molar refractivity (Wildman–Crippen MR) is 127 cm³/mol. The van der Waals surface area contributed by atoms with Crippen molar-refractivity contribution in [2.75, 3.05) is 32.2 Å². The van der Waals surface area contributed by atoms with E-state index in [0.29, 0.717) is 30.0 Å². The van der Waals surface area contributed by atoms with Crippen molar-refractivity contribution in [2.24, 2.45) is 5.10 Å². The van der Waals surface area contributed by atoms with Gasteiger partial charge in [-0.15, -0.1) is 0 Å². The van der Waals surface area contributed by atoms with Crippen molar-refractivity contribution >= 4 is 41.5 Å². The van der Waals surface area contributed by atoms with Crippen LogP contribution in [0.1, 0.15) is 35.2 Å². The standard InChI is InChI=1S/C23H27N5O8/c1-3-35-23(33)15-5-7-16(8-6-15)27-21(31)19(29)25-13-17-9-10-18(36-17)14-26-28-22(32)20(30)24-11-4-12-34-2/h5-10,14H,3-4,11-13H2,1-2H3,(H,24,30)(H,25,29)(H,27,31)(H,28,32)/b26-14+. The van der Waals surface area contributed by atoms with Gasteiger partial charge >= 0.3 is 29.6 Å². The molecule has 0 aliphatic heterocycles. The normalized spacial score (nSPS) is 10.5. The number of rotatable bonds is 11. The molecule has 13 nitrogen and oxygen atoms in total. The number of nitrogens with zero attached hydrogens (tertiary/aromatic N) is 1. The number of methoxy groups -OCH3 is 1. The van der Waals surface area contributed by atoms with E-state index in [1.54, 1.807) is 6.92 Å². The second-order valence-corrected chi connectivity index (χ2v) is 7.04. The zero-order valence-electron chi connectivity index (χ0n) is 19.8. The number of hydrogen-bond acceptors (Lipinski definition) is 9. The summed E-state index contributed by atoms with van der Waals surface area (Å²) in [5, 5.41) is 10.9. The summed E-state index contributed by atoms with van der Waals surface area (Å²) in [7, 11) is 1.53. The summed E-state index contributed by atoms with van der Waals surface area (Å²) in [6, 6.07) is 8.94. The number of amides is 4. The van der Waals surface area contributed by atoms with E-state index in [0.717, 1.165) is 0 Å². The molecule has 1 aromatic heterocycles. The van der Waals surface area contributed by atoms with Crippen LogP contribution in [0.2, 0.25) is 0 Å². The van der Waals surface area contributed by atoms with Gasteiger partial charge in [-0.2, -0.15) is 5.10 Å². The summed E-state index contributed by atoms with van der Waals surface area (Å²) < 4.78 is 15.1. The molecule has 0 bridgehead atoms. The Hall–Kier alpha value is -4.52. The first-order chi connectivity index (χ1) is 17.3. The van der Waals surface area contributed by atoms with Gasteiger partial charge in [-0.1, -0.05) is 0 Å². The monoisotopic (exact) mass is 501 g/mol. The van der Waals surface area contributed by atoms with E-state index in [1.807, 2.05) is 0 Å². The molecule has 0 aliphatic rings. The van der Waals surface area contributed by atoms with E-state index >= 15 is 0 Å². The van der Waals surface area contributed by atoms with Gasteiger partial charge in [0.25, 0.3) is 0 Å². The topological polar surface area (TPSA) is 177 Å². The number of hydrogen-bond donors (Lipinski definition) is 4. The number of anilines is 1. The molecule has 0 radical (unpaired) electrons. The van der Waals surface area contributed by atoms with Crippen LogP contribution in [-0.4, -0.2) is 62.7 Å². The van der Waals surface area contributed by atoms with Crippen LogP contribution >= 0.6 is 0 Å². The van der Waals surface area contributed by atoms with Crippen LogP contribution in [0.25, 0.3) is 0 Å². The maximum Gasteiger partial charge on any atom is 0.338 e. The van der Waals surface area contributed by atoms with Gasteiger partial charge in [-0.05, 0) is 49.7 Å². The van der Waals surface area contributed by atoms with Gasteiger partial charge in [0.1, 0.15) is 11.5 Å². The van der Waals surface area contributed by atoms with Gasteiger partial charge in [0.05, 0.1) is 24.9 Å². The zero-order chi connectivity index (χ0) is 26.3. The van der Waals surface area contributed by atoms with Gasteiger partial charge in [0, 0.05) is 25.9 Å². The van der Waals surface area contributed by atoms with Crippen LogP contribution in [0.3, 0.4) is 0 Å². The molecule has 4 amide bonds. The molecule has 0 saturated heterocycles. The Balaban J connectivity index is 1.75. The zero-order valence-corrected chi connectivity index (χ0v) is 19.8. The molecule has 0 fully saturated rings. The third kappa shape index (κ3) is 9.38. The fraction of sp³-hybridized carbons (Fsp3) is 0.304. The Labute approximate surface area is 206 Å². The highest BCUT2D eigenvalue weighted by Gasteiger charge is 2.15. The summed E-state index contributed by atoms with van der Waals surface area (Å²) in [4.78, 5) is 59.0. The number of benzene rings is 1. The SMILES string of the molecule is CCOC(=O)c1ccc(NC(=O)C(=O)NCc2ccc(/C=N/NC(=O)C(=O)NCCCOC)o2)cc1. The molecule has 192 valence electrons. The molecule has 1 aromatic carbocycles. The third-order valence-corrected chi connectivity index (χ3v) is 4.34. The Morgan fingerprint density at radius 1 is 0.944 bits per heavy atom. The summed E-state index contributed by atoms with van der Waals surface area (Å²) in [6.07, 6.45) is 1.74. The van der Waals surface area contributed by atoms with E-state index in [4.69, 9.17) is 13.9 Å². The number of carbonyl (C=O) groups excluding carboxylic acids is 5. The van der Waals surface area contributed by atoms with E-state index in [-0.39, 0.29) is 25.5 Å². The first-order valence-electron chi connectivity index (χ1n) is 10.9. The fourth-order valence-corrected chi connectivity index (χ4v) is 2.60. The highest BCUT2D eigenvalue weighted by molar-refractivity contribution is 6.39. The maximum absolute atomic E-state index is 12.1. The lowest BCUT2D eigenvalue weighted by atomic mass is 10.2. The van der Waals surface area contributed by atoms with E-state index in [1.165, 1.54) is 49.7 Å². The average molecular weight is 501 g/mol. The lowest BCUT2D eigenvalue weighted by Gasteiger charge is -2.06. The average Bonchev–Trinajstić information content (AvgIpc) is 3.33. The van der Waals surface area contributed by atoms with Crippen molar-refractivity contribution in [1.29, 1.82) is 0 Å². The van der Waals surface area contributed by atoms with Crippen molar-refractivity contribution in [3.63, 3.8) is 0 Å². The molecular weight excluding hydrogens is 474 g/mol. The summed E-state index contributed by atoms with van der Waals surface area (Å²) in [6.45, 7) is 2.60. The quantitative estimate of drug-likeness (QED) is 0.112. The number of ether oxygens (including phenoxy) is 2. The molecular formula is C23H27N5O8. The third-order valence-electron chi connectivity index (χ3n) is 4.34. The van der Waals surface area contributed by atoms with Gasteiger partial charge in [0.2, 0.25) is 0 Å². The second kappa shape index (κ2) is 14.7. The first kappa shape index (κ1) is 27.7. The Morgan fingerprint density at radius 2 is 1.67 bits per heavy atom. The van der Waals surface area contributed by atoms with E-state index in [2.05, 4.69) is 26.5 Å². The van der Waals surface area contributed by atoms with Crippen LogP contribution < -0.4 is 21.4 Å². The molecule has 4 N–H and O–H groups in total. The fourth-order valence-electron chi connectivity index (χ4n) is 2.60. The Kier molecular flexibility index (Phi) is 11.3. The van der Waals surface area contributed by atoms with E-state index < -0.39 is 29.6 Å². The minimum atomic E-state index is -0.941. The van der Waals surface area contributed by atoms with Crippen molar-refractivity contribution < 1.29 is 37.9 Å². The van der Waals surface area contributed by atoms with Gasteiger partial charge < -0.3 is 29.8 Å². The summed E-state index contributed by atoms with van der Waals surface area (Å²) >= 11 is 0. The van der Waals surface area contributed by atoms with Crippen molar-refractivity contribution in [3.8, 4) is 0 Å². The van der Waals surface area contributed by atoms with Gasteiger partial charge in [-0.25, -0.2) is 10.2 Å². The molecule has 13 heteroatoms. The van der Waals surface area contributed by atoms with Crippen molar-refractivity contribution in [2.45, 2.75) is 19.9 Å². The lowest BCUT2D eigenvalue weighted by Crippen LogP contribution is -2.38. The summed E-state index contributed by atoms with van der Waals surface area (Å²) in [5.74, 6) is -3.51. The molecule has 0 spiro atoms. The smallest absolute Gasteiger partial charge is 0.338 e.